The highest BCUT2D eigenvalue weighted by Crippen LogP contribution is 2.35. The third-order valence-electron chi connectivity index (χ3n) is 4.92. The lowest BCUT2D eigenvalue weighted by Crippen LogP contribution is -2.42. The molecule has 0 aromatic heterocycles. The molecule has 1 aliphatic rings. The number of hydrogen-bond donors (Lipinski definition) is 0. The Hall–Kier alpha value is -0.320. The van der Waals surface area contributed by atoms with E-state index in [0.29, 0.717) is 0 Å². The zero-order chi connectivity index (χ0) is 29.7. The summed E-state index contributed by atoms with van der Waals surface area (Å²) in [4.78, 5) is 43.9. The molecule has 0 aromatic rings. The van der Waals surface area contributed by atoms with Gasteiger partial charge in [0.2, 0.25) is 11.6 Å². The fourth-order valence-electron chi connectivity index (χ4n) is 3.07. The van der Waals surface area contributed by atoms with Gasteiger partial charge in [0.15, 0.2) is 0 Å². The van der Waals surface area contributed by atoms with Crippen LogP contribution < -0.4 is 0 Å². The Morgan fingerprint density at radius 3 is 1.21 bits per heavy atom. The molecule has 0 heterocycles. The predicted molar refractivity (Wildman–Crippen MR) is 151 cm³/mol. The minimum absolute atomic E-state index is 0.352. The standard InChI is InChI=1S/C16H34O4.C14H28O4/c1-9-10-11-12-13-16(8,19-17-14(2,3)4)20-18-15(5,6)7;1-12(2,3)15-17-14(10-8-7-9-11-14)18-16-13(4,5)6/h9-13H2,1-8H3;7-11H2,1-6H3. The second kappa shape index (κ2) is 16.2. The minimum Gasteiger partial charge on any atom is -0.228 e. The molecule has 38 heavy (non-hydrogen) atoms. The van der Waals surface area contributed by atoms with Crippen molar-refractivity contribution < 1.29 is 39.1 Å². The molecule has 0 spiro atoms. The lowest BCUT2D eigenvalue weighted by molar-refractivity contribution is -0.545. The SMILES string of the molecule is CC(C)(C)OOC1(OOC(C)(C)C)CCCCC1.CCCCCCC(C)(OOC(C)(C)C)OOC(C)(C)C. The fourth-order valence-corrected chi connectivity index (χ4v) is 3.07. The molecule has 0 saturated heterocycles. The van der Waals surface area contributed by atoms with Crippen LogP contribution in [0.3, 0.4) is 0 Å². The van der Waals surface area contributed by atoms with E-state index in [4.69, 9.17) is 39.1 Å². The monoisotopic (exact) mass is 550 g/mol. The highest BCUT2D eigenvalue weighted by Gasteiger charge is 2.40. The Bertz CT molecular complexity index is 564. The van der Waals surface area contributed by atoms with Crippen LogP contribution in [0.5, 0.6) is 0 Å². The Morgan fingerprint density at radius 1 is 0.474 bits per heavy atom. The average Bonchev–Trinajstić information content (AvgIpc) is 2.76. The highest BCUT2D eigenvalue weighted by molar-refractivity contribution is 4.74. The van der Waals surface area contributed by atoms with E-state index in [2.05, 4.69) is 6.92 Å². The Labute approximate surface area is 234 Å². The van der Waals surface area contributed by atoms with E-state index in [1.165, 1.54) is 19.3 Å². The van der Waals surface area contributed by atoms with Crippen LogP contribution in [0, 0.1) is 0 Å². The number of hydrogen-bond acceptors (Lipinski definition) is 8. The number of rotatable bonds is 13. The molecule has 0 radical (unpaired) electrons. The first-order valence-corrected chi connectivity index (χ1v) is 14.6. The van der Waals surface area contributed by atoms with Crippen molar-refractivity contribution in [2.24, 2.45) is 0 Å². The quantitative estimate of drug-likeness (QED) is 0.0972. The van der Waals surface area contributed by atoms with Crippen molar-refractivity contribution in [2.75, 3.05) is 0 Å². The van der Waals surface area contributed by atoms with Crippen LogP contribution >= 0.6 is 0 Å². The molecule has 1 rings (SSSR count). The molecule has 230 valence electrons. The molecule has 0 aromatic carbocycles. The minimum atomic E-state index is -0.881. The Balaban J connectivity index is 0.000000724. The van der Waals surface area contributed by atoms with Gasteiger partial charge >= 0.3 is 0 Å². The molecule has 0 atom stereocenters. The van der Waals surface area contributed by atoms with Gasteiger partial charge < -0.3 is 0 Å². The van der Waals surface area contributed by atoms with Crippen LogP contribution in [0.15, 0.2) is 0 Å². The first kappa shape index (κ1) is 37.7. The molecular weight excluding hydrogens is 488 g/mol. The van der Waals surface area contributed by atoms with E-state index >= 15 is 0 Å². The van der Waals surface area contributed by atoms with Crippen LogP contribution in [0.4, 0.5) is 0 Å². The molecule has 0 amide bonds. The Kier molecular flexibility index (Phi) is 16.1. The summed E-state index contributed by atoms with van der Waals surface area (Å²) in [5, 5.41) is 0. The van der Waals surface area contributed by atoms with Crippen molar-refractivity contribution in [1.82, 2.24) is 0 Å². The van der Waals surface area contributed by atoms with Gasteiger partial charge in [0, 0.05) is 19.3 Å². The van der Waals surface area contributed by atoms with Gasteiger partial charge in [0.05, 0.1) is 22.4 Å². The van der Waals surface area contributed by atoms with Crippen LogP contribution in [0.2, 0.25) is 0 Å². The maximum absolute atomic E-state index is 5.58. The Morgan fingerprint density at radius 2 is 0.868 bits per heavy atom. The van der Waals surface area contributed by atoms with Crippen molar-refractivity contribution >= 4 is 0 Å². The van der Waals surface area contributed by atoms with Crippen LogP contribution in [-0.2, 0) is 39.1 Å². The van der Waals surface area contributed by atoms with Crippen molar-refractivity contribution in [3.8, 4) is 0 Å². The zero-order valence-electron chi connectivity index (χ0n) is 27.3. The zero-order valence-corrected chi connectivity index (χ0v) is 27.3. The maximum atomic E-state index is 5.58. The summed E-state index contributed by atoms with van der Waals surface area (Å²) in [5.41, 5.74) is -1.46. The summed E-state index contributed by atoms with van der Waals surface area (Å²) >= 11 is 0. The van der Waals surface area contributed by atoms with Crippen LogP contribution in [0.1, 0.15) is 161 Å². The molecule has 1 fully saturated rings. The van der Waals surface area contributed by atoms with Crippen molar-refractivity contribution in [2.45, 2.75) is 195 Å². The summed E-state index contributed by atoms with van der Waals surface area (Å²) in [5.74, 6) is -1.63. The van der Waals surface area contributed by atoms with Gasteiger partial charge in [-0.25, -0.2) is 19.6 Å². The molecule has 0 bridgehead atoms. The number of unbranched alkanes of at least 4 members (excludes halogenated alkanes) is 3. The summed E-state index contributed by atoms with van der Waals surface area (Å²) in [6, 6.07) is 0. The van der Waals surface area contributed by atoms with Crippen LogP contribution in [0.25, 0.3) is 0 Å². The van der Waals surface area contributed by atoms with Crippen molar-refractivity contribution in [3.63, 3.8) is 0 Å². The van der Waals surface area contributed by atoms with Gasteiger partial charge in [-0.1, -0.05) is 32.6 Å². The summed E-state index contributed by atoms with van der Waals surface area (Å²) < 4.78 is 0. The largest absolute Gasteiger partial charge is 0.234 e. The van der Waals surface area contributed by atoms with E-state index < -0.39 is 11.6 Å². The molecule has 1 aliphatic carbocycles. The molecule has 1 saturated carbocycles. The van der Waals surface area contributed by atoms with E-state index in [0.717, 1.165) is 44.9 Å². The average molecular weight is 551 g/mol. The summed E-state index contributed by atoms with van der Waals surface area (Å²) in [6.45, 7) is 27.4. The summed E-state index contributed by atoms with van der Waals surface area (Å²) in [7, 11) is 0. The van der Waals surface area contributed by atoms with E-state index in [-0.39, 0.29) is 22.4 Å². The maximum Gasteiger partial charge on any atom is 0.234 e. The first-order valence-electron chi connectivity index (χ1n) is 14.6. The van der Waals surface area contributed by atoms with Gasteiger partial charge in [0.1, 0.15) is 0 Å². The van der Waals surface area contributed by atoms with Gasteiger partial charge in [-0.3, -0.25) is 0 Å². The molecule has 8 heteroatoms. The molecule has 0 N–H and O–H groups in total. The molecule has 8 nitrogen and oxygen atoms in total. The second-order valence-corrected chi connectivity index (χ2v) is 14.5. The summed E-state index contributed by atoms with van der Waals surface area (Å²) in [6.07, 6.45) is 10.3. The van der Waals surface area contributed by atoms with Gasteiger partial charge in [-0.15, -0.1) is 0 Å². The third kappa shape index (κ3) is 21.5. The lowest BCUT2D eigenvalue weighted by atomic mass is 9.94. The molecule has 0 aliphatic heterocycles. The first-order chi connectivity index (χ1) is 17.1. The molecular formula is C30H62O8. The lowest BCUT2D eigenvalue weighted by Gasteiger charge is -2.37. The van der Waals surface area contributed by atoms with E-state index in [1.54, 1.807) is 0 Å². The normalized spacial score (nSPS) is 17.2. The molecule has 0 unspecified atom stereocenters. The topological polar surface area (TPSA) is 73.8 Å². The fraction of sp³-hybridized carbons (Fsp3) is 1.00. The van der Waals surface area contributed by atoms with Crippen molar-refractivity contribution in [3.05, 3.63) is 0 Å². The predicted octanol–water partition coefficient (Wildman–Crippen LogP) is 9.31. The second-order valence-electron chi connectivity index (χ2n) is 14.5. The third-order valence-corrected chi connectivity index (χ3v) is 4.92. The van der Waals surface area contributed by atoms with E-state index in [9.17, 15) is 0 Å². The van der Waals surface area contributed by atoms with Crippen LogP contribution in [-0.4, -0.2) is 34.0 Å². The van der Waals surface area contributed by atoms with Crippen molar-refractivity contribution in [1.29, 1.82) is 0 Å². The van der Waals surface area contributed by atoms with Gasteiger partial charge in [-0.05, 0) is 109 Å². The smallest absolute Gasteiger partial charge is 0.228 e. The van der Waals surface area contributed by atoms with E-state index in [1.807, 2.05) is 90.0 Å². The highest BCUT2D eigenvalue weighted by atomic mass is 17.3. The van der Waals surface area contributed by atoms with Gasteiger partial charge in [0.25, 0.3) is 0 Å². The van der Waals surface area contributed by atoms with Gasteiger partial charge in [-0.2, -0.15) is 19.6 Å².